The molecule has 7 heteroatoms. The molecule has 0 radical (unpaired) electrons. The van der Waals surface area contributed by atoms with Crippen LogP contribution in [-0.4, -0.2) is 59.7 Å². The van der Waals surface area contributed by atoms with Gasteiger partial charge in [-0.2, -0.15) is 0 Å². The van der Waals surface area contributed by atoms with Gasteiger partial charge in [0, 0.05) is 31.9 Å². The molecule has 0 fully saturated rings. The number of carbonyl (C=O) groups excluding carboxylic acids is 2. The Morgan fingerprint density at radius 2 is 1.72 bits per heavy atom. The fourth-order valence-electron chi connectivity index (χ4n) is 2.26. The van der Waals surface area contributed by atoms with E-state index < -0.39 is 0 Å². The Labute approximate surface area is 150 Å². The van der Waals surface area contributed by atoms with Gasteiger partial charge >= 0.3 is 11.9 Å². The molecule has 0 spiro atoms. The first kappa shape index (κ1) is 21.2. The predicted molar refractivity (Wildman–Crippen MR) is 95.0 cm³/mol. The molecule has 0 aromatic carbocycles. The molecule has 0 bridgehead atoms. The average Bonchev–Trinajstić information content (AvgIpc) is 3.10. The topological polar surface area (TPSA) is 73.7 Å². The van der Waals surface area contributed by atoms with Crippen molar-refractivity contribution in [2.24, 2.45) is 0 Å². The van der Waals surface area contributed by atoms with Crippen molar-refractivity contribution < 1.29 is 19.1 Å². The molecular weight excluding hydrogens is 322 g/mol. The first-order valence-electron chi connectivity index (χ1n) is 9.07. The highest BCUT2D eigenvalue weighted by molar-refractivity contribution is 5.69. The van der Waals surface area contributed by atoms with Gasteiger partial charge in [-0.15, -0.1) is 0 Å². The van der Waals surface area contributed by atoms with Gasteiger partial charge in [-0.05, 0) is 39.3 Å². The van der Waals surface area contributed by atoms with Gasteiger partial charge in [-0.1, -0.05) is 6.92 Å². The minimum atomic E-state index is -0.176. The number of nitrogens with zero attached hydrogens (tertiary/aromatic N) is 3. The molecule has 0 unspecified atom stereocenters. The Kier molecular flexibility index (Phi) is 11.3. The SMILES string of the molecule is CCCC(=O)OCCCCOC(=O)CCN(C)CCCn1ccnc1. The lowest BCUT2D eigenvalue weighted by atomic mass is 10.3. The van der Waals surface area contributed by atoms with E-state index in [1.54, 1.807) is 6.20 Å². The van der Waals surface area contributed by atoms with Crippen LogP contribution in [0.2, 0.25) is 0 Å². The first-order chi connectivity index (χ1) is 12.1. The van der Waals surface area contributed by atoms with E-state index in [1.165, 1.54) is 0 Å². The van der Waals surface area contributed by atoms with Crippen LogP contribution in [0.25, 0.3) is 0 Å². The number of carbonyl (C=O) groups is 2. The second-order valence-corrected chi connectivity index (χ2v) is 6.11. The second-order valence-electron chi connectivity index (χ2n) is 6.11. The van der Waals surface area contributed by atoms with Crippen LogP contribution in [0.5, 0.6) is 0 Å². The van der Waals surface area contributed by atoms with Crippen molar-refractivity contribution in [1.82, 2.24) is 14.5 Å². The van der Waals surface area contributed by atoms with Crippen molar-refractivity contribution >= 4 is 11.9 Å². The molecule has 1 aromatic rings. The summed E-state index contributed by atoms with van der Waals surface area (Å²) >= 11 is 0. The number of hydrogen-bond donors (Lipinski definition) is 0. The van der Waals surface area contributed by atoms with E-state index in [0.717, 1.165) is 32.4 Å². The lowest BCUT2D eigenvalue weighted by Gasteiger charge is -2.16. The maximum Gasteiger partial charge on any atom is 0.307 e. The van der Waals surface area contributed by atoms with E-state index in [9.17, 15) is 9.59 Å². The second kappa shape index (κ2) is 13.4. The van der Waals surface area contributed by atoms with Crippen molar-refractivity contribution in [2.75, 3.05) is 33.4 Å². The number of unbranched alkanes of at least 4 members (excludes halogenated alkanes) is 1. The highest BCUT2D eigenvalue weighted by Gasteiger charge is 2.06. The van der Waals surface area contributed by atoms with E-state index in [1.807, 2.05) is 31.1 Å². The van der Waals surface area contributed by atoms with Crippen LogP contribution in [0.1, 0.15) is 45.4 Å². The summed E-state index contributed by atoms with van der Waals surface area (Å²) in [7, 11) is 2.01. The minimum Gasteiger partial charge on any atom is -0.466 e. The van der Waals surface area contributed by atoms with Gasteiger partial charge in [-0.25, -0.2) is 4.98 Å². The third-order valence-electron chi connectivity index (χ3n) is 3.73. The third kappa shape index (κ3) is 11.3. The predicted octanol–water partition coefficient (Wildman–Crippen LogP) is 2.26. The number of esters is 2. The summed E-state index contributed by atoms with van der Waals surface area (Å²) in [6, 6.07) is 0. The molecule has 142 valence electrons. The number of imidazole rings is 1. The summed E-state index contributed by atoms with van der Waals surface area (Å²) in [5.74, 6) is -0.333. The lowest BCUT2D eigenvalue weighted by molar-refractivity contribution is -0.146. The molecule has 7 nitrogen and oxygen atoms in total. The molecule has 0 saturated carbocycles. The van der Waals surface area contributed by atoms with Gasteiger partial charge in [0.25, 0.3) is 0 Å². The fraction of sp³-hybridized carbons (Fsp3) is 0.722. The number of ether oxygens (including phenoxy) is 2. The van der Waals surface area contributed by atoms with Crippen molar-refractivity contribution in [2.45, 2.75) is 52.0 Å². The van der Waals surface area contributed by atoms with Gasteiger partial charge in [0.1, 0.15) is 0 Å². The molecule has 0 amide bonds. The van der Waals surface area contributed by atoms with Crippen LogP contribution >= 0.6 is 0 Å². The van der Waals surface area contributed by atoms with Crippen molar-refractivity contribution in [1.29, 1.82) is 0 Å². The maximum atomic E-state index is 11.7. The summed E-state index contributed by atoms with van der Waals surface area (Å²) in [4.78, 5) is 29.0. The highest BCUT2D eigenvalue weighted by Crippen LogP contribution is 1.99. The third-order valence-corrected chi connectivity index (χ3v) is 3.73. The van der Waals surface area contributed by atoms with E-state index in [4.69, 9.17) is 9.47 Å². The quantitative estimate of drug-likeness (QED) is 0.377. The molecule has 0 aliphatic carbocycles. The Hall–Kier alpha value is -1.89. The zero-order valence-electron chi connectivity index (χ0n) is 15.5. The zero-order chi connectivity index (χ0) is 18.3. The van der Waals surface area contributed by atoms with Gasteiger partial charge in [0.05, 0.1) is 26.0 Å². The highest BCUT2D eigenvalue weighted by atomic mass is 16.5. The van der Waals surface area contributed by atoms with Crippen molar-refractivity contribution in [3.05, 3.63) is 18.7 Å². The van der Waals surface area contributed by atoms with Crippen molar-refractivity contribution in [3.8, 4) is 0 Å². The van der Waals surface area contributed by atoms with Gasteiger partial charge in [0.15, 0.2) is 0 Å². The Morgan fingerprint density at radius 1 is 1.04 bits per heavy atom. The summed E-state index contributed by atoms with van der Waals surface area (Å²) in [6.45, 7) is 5.27. The zero-order valence-corrected chi connectivity index (χ0v) is 15.5. The van der Waals surface area contributed by atoms with Crippen LogP contribution in [-0.2, 0) is 25.6 Å². The van der Waals surface area contributed by atoms with Gasteiger partial charge in [0.2, 0.25) is 0 Å². The minimum absolute atomic E-state index is 0.157. The van der Waals surface area contributed by atoms with Gasteiger partial charge in [-0.3, -0.25) is 9.59 Å². The standard InChI is InChI=1S/C18H31N3O4/c1-3-7-17(22)24-14-4-5-15-25-18(23)8-12-20(2)10-6-11-21-13-9-19-16-21/h9,13,16H,3-8,10-12,14-15H2,1-2H3. The first-order valence-corrected chi connectivity index (χ1v) is 9.07. The molecule has 0 atom stereocenters. The van der Waals surface area contributed by atoms with Crippen LogP contribution in [0.15, 0.2) is 18.7 Å². The Morgan fingerprint density at radius 3 is 2.32 bits per heavy atom. The molecule has 0 N–H and O–H groups in total. The van der Waals surface area contributed by atoms with Crippen LogP contribution < -0.4 is 0 Å². The normalized spacial score (nSPS) is 10.8. The van der Waals surface area contributed by atoms with E-state index in [-0.39, 0.29) is 11.9 Å². The molecule has 0 saturated heterocycles. The summed E-state index contributed by atoms with van der Waals surface area (Å²) in [5, 5.41) is 0. The largest absolute Gasteiger partial charge is 0.466 e. The van der Waals surface area contributed by atoms with Gasteiger partial charge < -0.3 is 18.9 Å². The smallest absolute Gasteiger partial charge is 0.307 e. The number of aryl methyl sites for hydroxylation is 1. The molecule has 1 aromatic heterocycles. The summed E-state index contributed by atoms with van der Waals surface area (Å²) < 4.78 is 12.3. The lowest BCUT2D eigenvalue weighted by Crippen LogP contribution is -2.24. The fourth-order valence-corrected chi connectivity index (χ4v) is 2.26. The monoisotopic (exact) mass is 353 g/mol. The van der Waals surface area contributed by atoms with Crippen LogP contribution in [0, 0.1) is 0 Å². The Bertz CT molecular complexity index is 477. The van der Waals surface area contributed by atoms with E-state index in [0.29, 0.717) is 39.0 Å². The number of hydrogen-bond acceptors (Lipinski definition) is 6. The molecule has 25 heavy (non-hydrogen) atoms. The van der Waals surface area contributed by atoms with Crippen molar-refractivity contribution in [3.63, 3.8) is 0 Å². The summed E-state index contributed by atoms with van der Waals surface area (Å²) in [6.07, 6.45) is 9.63. The number of rotatable bonds is 14. The summed E-state index contributed by atoms with van der Waals surface area (Å²) in [5.41, 5.74) is 0. The molecule has 1 rings (SSSR count). The number of aromatic nitrogens is 2. The Balaban J connectivity index is 1.93. The molecule has 0 aliphatic rings. The molecule has 0 aliphatic heterocycles. The van der Waals surface area contributed by atoms with Crippen LogP contribution in [0.4, 0.5) is 0 Å². The molecular formula is C18H31N3O4. The average molecular weight is 353 g/mol. The molecule has 1 heterocycles. The van der Waals surface area contributed by atoms with E-state index >= 15 is 0 Å². The van der Waals surface area contributed by atoms with E-state index in [2.05, 4.69) is 9.88 Å². The van der Waals surface area contributed by atoms with Crippen LogP contribution in [0.3, 0.4) is 0 Å². The maximum absolute atomic E-state index is 11.7.